The van der Waals surface area contributed by atoms with Gasteiger partial charge in [0.25, 0.3) is 0 Å². The molecule has 1 atom stereocenters. The Hall–Kier alpha value is -2.64. The second kappa shape index (κ2) is 9.03. The molecule has 4 rings (SSSR count). The molecule has 0 bridgehead atoms. The Morgan fingerprint density at radius 3 is 2.25 bits per heavy atom. The van der Waals surface area contributed by atoms with Crippen molar-refractivity contribution in [2.24, 2.45) is 0 Å². The number of anilines is 2. The fraction of sp³-hybridized carbons (Fsp3) is 0.208. The van der Waals surface area contributed by atoms with Crippen LogP contribution in [0.2, 0.25) is 0 Å². The van der Waals surface area contributed by atoms with Crippen molar-refractivity contribution in [2.45, 2.75) is 18.9 Å². The Labute approximate surface area is 167 Å². The topological polar surface area (TPSA) is 41.1 Å². The van der Waals surface area contributed by atoms with E-state index in [1.165, 1.54) is 16.2 Å². The minimum absolute atomic E-state index is 0.0822. The lowest BCUT2D eigenvalue weighted by molar-refractivity contribution is -0.108. The van der Waals surface area contributed by atoms with Crippen molar-refractivity contribution < 1.29 is 4.79 Å². The molecule has 0 fully saturated rings. The van der Waals surface area contributed by atoms with E-state index in [0.29, 0.717) is 0 Å². The second-order valence-corrected chi connectivity index (χ2v) is 9.35. The van der Waals surface area contributed by atoms with Gasteiger partial charge in [-0.15, -0.1) is 0 Å². The molecular weight excluding hydrogens is 363 g/mol. The van der Waals surface area contributed by atoms with E-state index in [-0.39, 0.29) is 6.04 Å². The van der Waals surface area contributed by atoms with Crippen molar-refractivity contribution >= 4 is 36.2 Å². The number of hydrogen-bond donors (Lipinski definition) is 2. The van der Waals surface area contributed by atoms with E-state index in [1.807, 2.05) is 0 Å². The molecule has 28 heavy (non-hydrogen) atoms. The van der Waals surface area contributed by atoms with Crippen LogP contribution in [0, 0.1) is 0 Å². The zero-order chi connectivity index (χ0) is 19.2. The van der Waals surface area contributed by atoms with E-state index >= 15 is 0 Å². The zero-order valence-corrected chi connectivity index (χ0v) is 16.7. The van der Waals surface area contributed by atoms with Gasteiger partial charge in [0.05, 0.1) is 17.4 Å². The standard InChI is InChI=1S/C24H25N2OP/c27-18-20-15-14-19-8-7-13-23(24(19)26-20)25-16-17-28(21-9-3-1-4-10-21)22-11-5-2-6-12-22/h1-13,18,20,25-26H,14-17H2. The predicted molar refractivity (Wildman–Crippen MR) is 121 cm³/mol. The number of rotatable bonds is 7. The van der Waals surface area contributed by atoms with Crippen LogP contribution >= 0.6 is 7.92 Å². The fourth-order valence-corrected chi connectivity index (χ4v) is 5.94. The van der Waals surface area contributed by atoms with Crippen LogP contribution in [0.1, 0.15) is 12.0 Å². The third kappa shape index (κ3) is 4.26. The van der Waals surface area contributed by atoms with Crippen molar-refractivity contribution in [3.8, 4) is 0 Å². The van der Waals surface area contributed by atoms with Crippen LogP contribution in [0.4, 0.5) is 11.4 Å². The first-order valence-electron chi connectivity index (χ1n) is 9.80. The van der Waals surface area contributed by atoms with E-state index in [0.717, 1.165) is 43.2 Å². The number of carbonyl (C=O) groups is 1. The van der Waals surface area contributed by atoms with Gasteiger partial charge < -0.3 is 15.4 Å². The lowest BCUT2D eigenvalue weighted by Gasteiger charge is -2.26. The molecule has 0 aliphatic carbocycles. The van der Waals surface area contributed by atoms with Gasteiger partial charge in [-0.3, -0.25) is 0 Å². The maximum atomic E-state index is 11.2. The first kappa shape index (κ1) is 18.7. The van der Waals surface area contributed by atoms with E-state index in [2.05, 4.69) is 89.5 Å². The molecule has 1 unspecified atom stereocenters. The summed E-state index contributed by atoms with van der Waals surface area (Å²) in [6.45, 7) is 0.888. The summed E-state index contributed by atoms with van der Waals surface area (Å²) in [5, 5.41) is 9.82. The first-order valence-corrected chi connectivity index (χ1v) is 11.3. The molecule has 142 valence electrons. The van der Waals surface area contributed by atoms with Crippen LogP contribution in [0.15, 0.2) is 78.9 Å². The number of aldehydes is 1. The molecule has 3 nitrogen and oxygen atoms in total. The number of fused-ring (bicyclic) bond motifs is 1. The predicted octanol–water partition coefficient (Wildman–Crippen LogP) is 4.16. The number of benzene rings is 3. The number of nitrogens with one attached hydrogen (secondary N) is 2. The SMILES string of the molecule is O=CC1CCc2cccc(NCCP(c3ccccc3)c3ccccc3)c2N1. The average Bonchev–Trinajstić information content (AvgIpc) is 2.77. The molecule has 1 aliphatic rings. The van der Waals surface area contributed by atoms with Crippen molar-refractivity contribution in [3.05, 3.63) is 84.4 Å². The molecule has 3 aromatic carbocycles. The summed E-state index contributed by atoms with van der Waals surface area (Å²) >= 11 is 0. The zero-order valence-electron chi connectivity index (χ0n) is 15.8. The van der Waals surface area contributed by atoms with E-state index in [1.54, 1.807) is 0 Å². The highest BCUT2D eigenvalue weighted by molar-refractivity contribution is 7.73. The molecule has 0 saturated carbocycles. The third-order valence-corrected chi connectivity index (χ3v) is 7.67. The quantitative estimate of drug-likeness (QED) is 0.472. The monoisotopic (exact) mass is 388 g/mol. The fourth-order valence-electron chi connectivity index (χ4n) is 3.72. The van der Waals surface area contributed by atoms with Crippen LogP contribution in [-0.4, -0.2) is 25.0 Å². The van der Waals surface area contributed by atoms with Crippen LogP contribution < -0.4 is 21.2 Å². The smallest absolute Gasteiger partial charge is 0.142 e. The average molecular weight is 388 g/mol. The molecule has 0 saturated heterocycles. The van der Waals surface area contributed by atoms with Crippen molar-refractivity contribution in [1.29, 1.82) is 0 Å². The van der Waals surface area contributed by atoms with E-state index < -0.39 is 7.92 Å². The highest BCUT2D eigenvalue weighted by Crippen LogP contribution is 2.35. The summed E-state index contributed by atoms with van der Waals surface area (Å²) < 4.78 is 0. The second-order valence-electron chi connectivity index (χ2n) is 7.01. The van der Waals surface area contributed by atoms with Crippen LogP contribution in [0.25, 0.3) is 0 Å². The van der Waals surface area contributed by atoms with E-state index in [9.17, 15) is 4.79 Å². The minimum Gasteiger partial charge on any atom is -0.383 e. The molecule has 2 N–H and O–H groups in total. The molecule has 3 aromatic rings. The molecule has 1 aliphatic heterocycles. The summed E-state index contributed by atoms with van der Waals surface area (Å²) in [5.41, 5.74) is 3.48. The van der Waals surface area contributed by atoms with Gasteiger partial charge in [0.2, 0.25) is 0 Å². The van der Waals surface area contributed by atoms with Gasteiger partial charge in [-0.1, -0.05) is 72.8 Å². The summed E-state index contributed by atoms with van der Waals surface area (Å²) in [5.74, 6) is 0. The van der Waals surface area contributed by atoms with Crippen molar-refractivity contribution in [3.63, 3.8) is 0 Å². The third-order valence-electron chi connectivity index (χ3n) is 5.16. The van der Waals surface area contributed by atoms with E-state index in [4.69, 9.17) is 0 Å². The Bertz CT molecular complexity index is 875. The van der Waals surface area contributed by atoms with Gasteiger partial charge in [0.1, 0.15) is 6.29 Å². The summed E-state index contributed by atoms with van der Waals surface area (Å²) in [6, 6.07) is 27.9. The molecule has 0 aromatic heterocycles. The van der Waals surface area contributed by atoms with Gasteiger partial charge in [-0.25, -0.2) is 0 Å². The van der Waals surface area contributed by atoms with Crippen molar-refractivity contribution in [2.75, 3.05) is 23.3 Å². The minimum atomic E-state index is -0.409. The molecule has 4 heteroatoms. The Kier molecular flexibility index (Phi) is 6.04. The molecule has 1 heterocycles. The maximum Gasteiger partial charge on any atom is 0.142 e. The largest absolute Gasteiger partial charge is 0.383 e. The van der Waals surface area contributed by atoms with Crippen LogP contribution in [-0.2, 0) is 11.2 Å². The van der Waals surface area contributed by atoms with Crippen molar-refractivity contribution in [1.82, 2.24) is 0 Å². The number of hydrogen-bond acceptors (Lipinski definition) is 3. The van der Waals surface area contributed by atoms with Crippen LogP contribution in [0.3, 0.4) is 0 Å². The Morgan fingerprint density at radius 1 is 0.929 bits per heavy atom. The van der Waals surface area contributed by atoms with Gasteiger partial charge in [-0.2, -0.15) is 0 Å². The Balaban J connectivity index is 1.50. The molecule has 0 spiro atoms. The molecule has 0 radical (unpaired) electrons. The number of aryl methyl sites for hydroxylation is 1. The lowest BCUT2D eigenvalue weighted by Crippen LogP contribution is -2.27. The lowest BCUT2D eigenvalue weighted by atomic mass is 9.98. The number of para-hydroxylation sites is 1. The summed E-state index contributed by atoms with van der Waals surface area (Å²) in [6.07, 6.45) is 3.89. The molecular formula is C24H25N2OP. The summed E-state index contributed by atoms with van der Waals surface area (Å²) in [7, 11) is -0.409. The van der Waals surface area contributed by atoms with Gasteiger partial charge >= 0.3 is 0 Å². The highest BCUT2D eigenvalue weighted by atomic mass is 31.1. The summed E-state index contributed by atoms with van der Waals surface area (Å²) in [4.78, 5) is 11.2. The maximum absolute atomic E-state index is 11.2. The van der Waals surface area contributed by atoms with Gasteiger partial charge in [-0.05, 0) is 49.2 Å². The highest BCUT2D eigenvalue weighted by Gasteiger charge is 2.19. The normalized spacial score (nSPS) is 15.5. The van der Waals surface area contributed by atoms with Gasteiger partial charge in [0, 0.05) is 6.54 Å². The number of carbonyl (C=O) groups excluding carboxylic acids is 1. The first-order chi connectivity index (χ1) is 13.8. The van der Waals surface area contributed by atoms with Crippen LogP contribution in [0.5, 0.6) is 0 Å². The molecule has 0 amide bonds. The van der Waals surface area contributed by atoms with Gasteiger partial charge in [0.15, 0.2) is 0 Å². The Morgan fingerprint density at radius 2 is 1.61 bits per heavy atom.